The zero-order chi connectivity index (χ0) is 22.7. The summed E-state index contributed by atoms with van der Waals surface area (Å²) in [5, 5.41) is 2.35. The second kappa shape index (κ2) is 7.11. The van der Waals surface area contributed by atoms with Crippen LogP contribution in [0.15, 0.2) is 77.2 Å². The number of hydrogen-bond acceptors (Lipinski definition) is 2. The average molecular weight is 430 g/mol. The van der Waals surface area contributed by atoms with Gasteiger partial charge in [-0.05, 0) is 75.7 Å². The molecule has 0 unspecified atom stereocenters. The van der Waals surface area contributed by atoms with E-state index in [0.29, 0.717) is 0 Å². The van der Waals surface area contributed by atoms with Gasteiger partial charge in [0.05, 0.1) is 0 Å². The molecule has 0 spiro atoms. The van der Waals surface area contributed by atoms with Crippen molar-refractivity contribution in [3.63, 3.8) is 0 Å². The van der Waals surface area contributed by atoms with E-state index in [1.54, 1.807) is 0 Å². The molecule has 0 atom stereocenters. The summed E-state index contributed by atoms with van der Waals surface area (Å²) in [5.74, 6) is 0. The van der Waals surface area contributed by atoms with Crippen molar-refractivity contribution in [3.8, 4) is 11.1 Å². The van der Waals surface area contributed by atoms with Gasteiger partial charge in [-0.25, -0.2) is 0 Å². The van der Waals surface area contributed by atoms with Crippen molar-refractivity contribution in [1.29, 1.82) is 0 Å². The van der Waals surface area contributed by atoms with Crippen LogP contribution in [-0.2, 0) is 11.8 Å². The minimum absolute atomic E-state index is 0.0611. The van der Waals surface area contributed by atoms with Crippen molar-refractivity contribution in [1.82, 2.24) is 0 Å². The molecule has 0 saturated heterocycles. The summed E-state index contributed by atoms with van der Waals surface area (Å²) in [4.78, 5) is 0. The third-order valence-electron chi connectivity index (χ3n) is 7.16. The van der Waals surface area contributed by atoms with Crippen LogP contribution in [-0.4, -0.2) is 0 Å². The molecule has 0 amide bonds. The fraction of sp³-hybridized carbons (Fsp3) is 0.161. The zero-order valence-electron chi connectivity index (χ0n) is 19.3. The van der Waals surface area contributed by atoms with Gasteiger partial charge in [0, 0.05) is 21.9 Å². The fourth-order valence-electron chi connectivity index (χ4n) is 5.23. The Labute approximate surface area is 194 Å². The number of hydrogen-bond donors (Lipinski definition) is 1. The van der Waals surface area contributed by atoms with Gasteiger partial charge in [0.15, 0.2) is 0 Å². The molecule has 2 heteroatoms. The van der Waals surface area contributed by atoms with Crippen LogP contribution >= 0.6 is 0 Å². The lowest BCUT2D eigenvalue weighted by Gasteiger charge is -2.22. The topological polar surface area (TPSA) is 39.2 Å². The first-order valence-electron chi connectivity index (χ1n) is 11.6. The maximum Gasteiger partial charge on any atom is 0.136 e. The van der Waals surface area contributed by atoms with Gasteiger partial charge in [0.25, 0.3) is 0 Å². The van der Waals surface area contributed by atoms with E-state index in [9.17, 15) is 0 Å². The summed E-state index contributed by atoms with van der Waals surface area (Å²) in [5.41, 5.74) is 17.6. The molecule has 0 fully saturated rings. The van der Waals surface area contributed by atoms with Gasteiger partial charge in [-0.3, -0.25) is 0 Å². The number of nitrogens with two attached hydrogens (primary N) is 1. The van der Waals surface area contributed by atoms with Crippen LogP contribution in [0.3, 0.4) is 0 Å². The van der Waals surface area contributed by atoms with Crippen molar-refractivity contribution in [3.05, 3.63) is 101 Å². The average Bonchev–Trinajstić information content (AvgIpc) is 3.29. The first-order valence-corrected chi connectivity index (χ1v) is 11.6. The highest BCUT2D eigenvalue weighted by Crippen LogP contribution is 2.49. The van der Waals surface area contributed by atoms with Crippen LogP contribution in [0, 0.1) is 0 Å². The van der Waals surface area contributed by atoms with Gasteiger partial charge in [-0.2, -0.15) is 0 Å². The molecule has 1 aromatic heterocycles. The number of rotatable bonds is 3. The highest BCUT2D eigenvalue weighted by molar-refractivity contribution is 6.05. The largest absolute Gasteiger partial charge is 0.456 e. The van der Waals surface area contributed by atoms with Crippen LogP contribution in [0.2, 0.25) is 0 Å². The zero-order valence-corrected chi connectivity index (χ0v) is 19.3. The van der Waals surface area contributed by atoms with E-state index >= 15 is 0 Å². The van der Waals surface area contributed by atoms with Gasteiger partial charge in [-0.1, -0.05) is 75.4 Å². The molecule has 0 bridgehead atoms. The third-order valence-corrected chi connectivity index (χ3v) is 7.16. The maximum absolute atomic E-state index is 6.18. The van der Waals surface area contributed by atoms with E-state index in [-0.39, 0.29) is 5.41 Å². The smallest absolute Gasteiger partial charge is 0.136 e. The van der Waals surface area contributed by atoms with E-state index in [2.05, 4.69) is 99.7 Å². The summed E-state index contributed by atoms with van der Waals surface area (Å²) >= 11 is 0. The first-order chi connectivity index (χ1) is 15.9. The number of aryl methyl sites for hydroxylation is 1. The molecule has 0 radical (unpaired) electrons. The number of furan rings is 1. The summed E-state index contributed by atoms with van der Waals surface area (Å²) < 4.78 is 6.18. The Morgan fingerprint density at radius 3 is 2.09 bits per heavy atom. The summed E-state index contributed by atoms with van der Waals surface area (Å²) in [6.07, 6.45) is 5.36. The van der Waals surface area contributed by atoms with Crippen molar-refractivity contribution in [2.45, 2.75) is 32.6 Å². The maximum atomic E-state index is 6.18. The quantitative estimate of drug-likeness (QED) is 0.232. The number of benzene rings is 4. The van der Waals surface area contributed by atoms with Crippen LogP contribution in [0.5, 0.6) is 0 Å². The van der Waals surface area contributed by atoms with Gasteiger partial charge in [0.2, 0.25) is 0 Å². The number of nitrogen functional groups attached to an aromatic ring is 1. The van der Waals surface area contributed by atoms with E-state index in [0.717, 1.165) is 28.8 Å². The molecule has 162 valence electrons. The highest BCUT2D eigenvalue weighted by atomic mass is 16.3. The Morgan fingerprint density at radius 2 is 1.33 bits per heavy atom. The SMILES string of the molecule is CCc1ccc2c(c1)oc1cc(/C=C/c3ccc4c(c3)C(C)(C)c3cc(N)ccc3-4)ccc12. The second-order valence-electron chi connectivity index (χ2n) is 9.61. The Morgan fingerprint density at radius 1 is 0.727 bits per heavy atom. The molecule has 4 aromatic carbocycles. The predicted molar refractivity (Wildman–Crippen MR) is 140 cm³/mol. The normalized spacial score (nSPS) is 14.3. The lowest BCUT2D eigenvalue weighted by molar-refractivity contribution is 0.660. The predicted octanol–water partition coefficient (Wildman–Crippen LogP) is 8.21. The minimum Gasteiger partial charge on any atom is -0.456 e. The monoisotopic (exact) mass is 429 g/mol. The molecular weight excluding hydrogens is 402 g/mol. The molecule has 0 saturated carbocycles. The first kappa shape index (κ1) is 19.9. The number of fused-ring (bicyclic) bond motifs is 6. The number of anilines is 1. The van der Waals surface area contributed by atoms with Gasteiger partial charge < -0.3 is 10.2 Å². The molecule has 0 aliphatic heterocycles. The van der Waals surface area contributed by atoms with Crippen LogP contribution < -0.4 is 5.73 Å². The van der Waals surface area contributed by atoms with Crippen molar-refractivity contribution >= 4 is 39.8 Å². The second-order valence-corrected chi connectivity index (χ2v) is 9.61. The van der Waals surface area contributed by atoms with E-state index in [4.69, 9.17) is 10.2 Å². The molecule has 1 aliphatic rings. The Kier molecular flexibility index (Phi) is 4.28. The highest BCUT2D eigenvalue weighted by Gasteiger charge is 2.35. The molecule has 2 nitrogen and oxygen atoms in total. The van der Waals surface area contributed by atoms with Crippen molar-refractivity contribution in [2.75, 3.05) is 5.73 Å². The lowest BCUT2D eigenvalue weighted by atomic mass is 9.82. The Bertz CT molecular complexity index is 1580. The summed E-state index contributed by atoms with van der Waals surface area (Å²) in [7, 11) is 0. The van der Waals surface area contributed by atoms with Gasteiger partial charge >= 0.3 is 0 Å². The van der Waals surface area contributed by atoms with E-state index < -0.39 is 0 Å². The van der Waals surface area contributed by atoms with Crippen LogP contribution in [0.1, 0.15) is 48.6 Å². The fourth-order valence-corrected chi connectivity index (χ4v) is 5.23. The van der Waals surface area contributed by atoms with Crippen LogP contribution in [0.4, 0.5) is 5.69 Å². The Hall–Kier alpha value is -3.78. The van der Waals surface area contributed by atoms with Crippen molar-refractivity contribution in [2.24, 2.45) is 0 Å². The molecule has 1 heterocycles. The van der Waals surface area contributed by atoms with E-state index in [1.165, 1.54) is 44.2 Å². The molecule has 2 N–H and O–H groups in total. The van der Waals surface area contributed by atoms with E-state index in [1.807, 2.05) is 6.07 Å². The Balaban J connectivity index is 1.35. The molecule has 1 aliphatic carbocycles. The third kappa shape index (κ3) is 3.09. The van der Waals surface area contributed by atoms with Gasteiger partial charge in [0.1, 0.15) is 11.2 Å². The minimum atomic E-state index is -0.0611. The molecule has 6 rings (SSSR count). The van der Waals surface area contributed by atoms with Crippen molar-refractivity contribution < 1.29 is 4.42 Å². The standard InChI is InChI=1S/C31H27NO/c1-4-19-7-12-25-26-13-9-21(17-30(26)33-29(25)16-19)6-5-20-8-11-23-24-14-10-22(32)18-28(24)31(2,3)27(23)15-20/h5-18H,4,32H2,1-3H3/b6-5+. The summed E-state index contributed by atoms with van der Waals surface area (Å²) in [6, 6.07) is 26.0. The lowest BCUT2D eigenvalue weighted by Crippen LogP contribution is -2.15. The molecule has 33 heavy (non-hydrogen) atoms. The van der Waals surface area contributed by atoms with Crippen LogP contribution in [0.25, 0.3) is 45.2 Å². The summed E-state index contributed by atoms with van der Waals surface area (Å²) in [6.45, 7) is 6.73. The molecule has 5 aromatic rings. The molecular formula is C31H27NO. The van der Waals surface area contributed by atoms with Gasteiger partial charge in [-0.15, -0.1) is 0 Å².